The molecule has 0 aliphatic carbocycles. The van der Waals surface area contributed by atoms with Gasteiger partial charge in [0.15, 0.2) is 5.78 Å². The van der Waals surface area contributed by atoms with Crippen molar-refractivity contribution in [1.82, 2.24) is 0 Å². The highest BCUT2D eigenvalue weighted by Gasteiger charge is 2.32. The highest BCUT2D eigenvalue weighted by atomic mass is 16.5. The molecule has 0 atom stereocenters. The molecule has 0 saturated carbocycles. The maximum Gasteiger partial charge on any atom is 0.308 e. The number of fused-ring (bicyclic) bond motifs is 1. The Hall–Kier alpha value is -3.15. The fourth-order valence-corrected chi connectivity index (χ4v) is 2.80. The SMILES string of the molecule is CC(=O)Oc1cccc(C(=O)Nc2ccc3c(c2)C(=O)CC(C)(C)O3)c1. The number of ketones is 1. The van der Waals surface area contributed by atoms with Gasteiger partial charge in [0, 0.05) is 18.2 Å². The van der Waals surface area contributed by atoms with Gasteiger partial charge in [-0.25, -0.2) is 0 Å². The summed E-state index contributed by atoms with van der Waals surface area (Å²) < 4.78 is 10.8. The van der Waals surface area contributed by atoms with E-state index in [0.29, 0.717) is 28.3 Å². The van der Waals surface area contributed by atoms with E-state index in [1.807, 2.05) is 13.8 Å². The molecule has 0 saturated heterocycles. The van der Waals surface area contributed by atoms with Gasteiger partial charge < -0.3 is 14.8 Å². The second-order valence-corrected chi connectivity index (χ2v) is 6.75. The Morgan fingerprint density at radius 1 is 1.15 bits per heavy atom. The van der Waals surface area contributed by atoms with Crippen molar-refractivity contribution in [2.24, 2.45) is 0 Å². The molecule has 0 aromatic heterocycles. The van der Waals surface area contributed by atoms with Crippen LogP contribution in [0.3, 0.4) is 0 Å². The number of amides is 1. The van der Waals surface area contributed by atoms with Crippen molar-refractivity contribution in [3.05, 3.63) is 53.6 Å². The first-order valence-electron chi connectivity index (χ1n) is 8.20. The first-order chi connectivity index (χ1) is 12.2. The van der Waals surface area contributed by atoms with Gasteiger partial charge >= 0.3 is 5.97 Å². The summed E-state index contributed by atoms with van der Waals surface area (Å²) in [5.41, 5.74) is 0.746. The van der Waals surface area contributed by atoms with Gasteiger partial charge in [0.1, 0.15) is 17.1 Å². The van der Waals surface area contributed by atoms with Gasteiger partial charge in [0.2, 0.25) is 0 Å². The van der Waals surface area contributed by atoms with E-state index in [2.05, 4.69) is 5.32 Å². The maximum absolute atomic E-state index is 12.4. The van der Waals surface area contributed by atoms with Crippen molar-refractivity contribution >= 4 is 23.3 Å². The van der Waals surface area contributed by atoms with Crippen LogP contribution in [0, 0.1) is 0 Å². The number of hydrogen-bond acceptors (Lipinski definition) is 5. The van der Waals surface area contributed by atoms with Crippen molar-refractivity contribution in [2.45, 2.75) is 32.8 Å². The average Bonchev–Trinajstić information content (AvgIpc) is 2.54. The Labute approximate surface area is 151 Å². The van der Waals surface area contributed by atoms with Crippen LogP contribution in [-0.2, 0) is 4.79 Å². The third-order valence-corrected chi connectivity index (χ3v) is 3.87. The van der Waals surface area contributed by atoms with Crippen LogP contribution in [0.5, 0.6) is 11.5 Å². The summed E-state index contributed by atoms with van der Waals surface area (Å²) in [5.74, 6) is -0.0474. The zero-order valence-corrected chi connectivity index (χ0v) is 14.8. The molecule has 1 aliphatic rings. The summed E-state index contributed by atoms with van der Waals surface area (Å²) in [6, 6.07) is 11.3. The third kappa shape index (κ3) is 3.91. The second kappa shape index (κ2) is 6.63. The van der Waals surface area contributed by atoms with Crippen LogP contribution >= 0.6 is 0 Å². The van der Waals surface area contributed by atoms with Crippen LogP contribution in [0.4, 0.5) is 5.69 Å². The van der Waals surface area contributed by atoms with Gasteiger partial charge in [-0.2, -0.15) is 0 Å². The van der Waals surface area contributed by atoms with Crippen LogP contribution in [0.25, 0.3) is 0 Å². The van der Waals surface area contributed by atoms with Gasteiger partial charge in [0.25, 0.3) is 5.91 Å². The summed E-state index contributed by atoms with van der Waals surface area (Å²) in [5, 5.41) is 2.74. The van der Waals surface area contributed by atoms with E-state index in [1.54, 1.807) is 36.4 Å². The Bertz CT molecular complexity index is 901. The second-order valence-electron chi connectivity index (χ2n) is 6.75. The van der Waals surface area contributed by atoms with Crippen LogP contribution in [-0.4, -0.2) is 23.3 Å². The number of rotatable bonds is 3. The van der Waals surface area contributed by atoms with Crippen LogP contribution < -0.4 is 14.8 Å². The van der Waals surface area contributed by atoms with Gasteiger partial charge in [-0.3, -0.25) is 14.4 Å². The summed E-state index contributed by atoms with van der Waals surface area (Å²) in [6.45, 7) is 5.01. The van der Waals surface area contributed by atoms with E-state index < -0.39 is 11.6 Å². The number of nitrogens with one attached hydrogen (secondary N) is 1. The topological polar surface area (TPSA) is 81.7 Å². The van der Waals surface area contributed by atoms with E-state index >= 15 is 0 Å². The minimum absolute atomic E-state index is 0.0239. The molecule has 0 radical (unpaired) electrons. The molecule has 2 aromatic rings. The number of ether oxygens (including phenoxy) is 2. The molecule has 134 valence electrons. The number of hydrogen-bond donors (Lipinski definition) is 1. The van der Waals surface area contributed by atoms with E-state index in [9.17, 15) is 14.4 Å². The number of carbonyl (C=O) groups excluding carboxylic acids is 3. The molecular formula is C20H19NO5. The first-order valence-corrected chi connectivity index (χ1v) is 8.20. The molecule has 1 N–H and O–H groups in total. The van der Waals surface area contributed by atoms with Gasteiger partial charge in [-0.15, -0.1) is 0 Å². The lowest BCUT2D eigenvalue weighted by Gasteiger charge is -2.31. The Morgan fingerprint density at radius 2 is 1.92 bits per heavy atom. The Kier molecular flexibility index (Phi) is 4.50. The van der Waals surface area contributed by atoms with E-state index in [-0.39, 0.29) is 18.1 Å². The molecule has 0 fully saturated rings. The molecule has 3 rings (SSSR count). The van der Waals surface area contributed by atoms with Crippen molar-refractivity contribution < 1.29 is 23.9 Å². The van der Waals surface area contributed by atoms with Crippen LogP contribution in [0.15, 0.2) is 42.5 Å². The fourth-order valence-electron chi connectivity index (χ4n) is 2.80. The van der Waals surface area contributed by atoms with Gasteiger partial charge in [-0.05, 0) is 50.2 Å². The predicted octanol–water partition coefficient (Wildman–Crippen LogP) is 3.61. The number of Topliss-reactive ketones (excluding diaryl/α,β-unsaturated/α-hetero) is 1. The van der Waals surface area contributed by atoms with Crippen molar-refractivity contribution in [3.63, 3.8) is 0 Å². The normalized spacial score (nSPS) is 14.8. The monoisotopic (exact) mass is 353 g/mol. The average molecular weight is 353 g/mol. The molecule has 26 heavy (non-hydrogen) atoms. The zero-order valence-electron chi connectivity index (χ0n) is 14.8. The van der Waals surface area contributed by atoms with Gasteiger partial charge in [-0.1, -0.05) is 6.07 Å². The highest BCUT2D eigenvalue weighted by Crippen LogP contribution is 2.34. The highest BCUT2D eigenvalue weighted by molar-refractivity contribution is 6.06. The minimum Gasteiger partial charge on any atom is -0.487 e. The molecule has 6 heteroatoms. The first kappa shape index (κ1) is 17.7. The number of benzene rings is 2. The number of carbonyl (C=O) groups is 3. The minimum atomic E-state index is -0.536. The smallest absolute Gasteiger partial charge is 0.308 e. The van der Waals surface area contributed by atoms with Crippen molar-refractivity contribution in [3.8, 4) is 11.5 Å². The molecule has 0 spiro atoms. The molecule has 1 aliphatic heterocycles. The van der Waals surface area contributed by atoms with Crippen molar-refractivity contribution in [2.75, 3.05) is 5.32 Å². The quantitative estimate of drug-likeness (QED) is 0.673. The standard InChI is InChI=1S/C20H19NO5/c1-12(22)25-15-6-4-5-13(9-15)19(24)21-14-7-8-18-16(10-14)17(23)11-20(2,3)26-18/h4-10H,11H2,1-3H3,(H,21,24). The summed E-state index contributed by atoms with van der Waals surface area (Å²) in [4.78, 5) is 35.8. The summed E-state index contributed by atoms with van der Waals surface area (Å²) in [7, 11) is 0. The molecule has 0 unspecified atom stereocenters. The fraction of sp³-hybridized carbons (Fsp3) is 0.250. The predicted molar refractivity (Wildman–Crippen MR) is 95.8 cm³/mol. The molecule has 0 bridgehead atoms. The lowest BCUT2D eigenvalue weighted by Crippen LogP contribution is -2.35. The summed E-state index contributed by atoms with van der Waals surface area (Å²) in [6.07, 6.45) is 0.280. The number of esters is 1. The van der Waals surface area contributed by atoms with Gasteiger partial charge in [0.05, 0.1) is 12.0 Å². The van der Waals surface area contributed by atoms with Crippen LogP contribution in [0.1, 0.15) is 47.9 Å². The molecule has 1 amide bonds. The van der Waals surface area contributed by atoms with Crippen molar-refractivity contribution in [1.29, 1.82) is 0 Å². The zero-order chi connectivity index (χ0) is 18.9. The molecule has 1 heterocycles. The summed E-state index contributed by atoms with van der Waals surface area (Å²) >= 11 is 0. The Morgan fingerprint density at radius 3 is 2.65 bits per heavy atom. The lowest BCUT2D eigenvalue weighted by molar-refractivity contribution is -0.131. The van der Waals surface area contributed by atoms with E-state index in [4.69, 9.17) is 9.47 Å². The van der Waals surface area contributed by atoms with Crippen LogP contribution in [0.2, 0.25) is 0 Å². The Balaban J connectivity index is 1.80. The van der Waals surface area contributed by atoms with E-state index in [1.165, 1.54) is 13.0 Å². The molecule has 6 nitrogen and oxygen atoms in total. The molecular weight excluding hydrogens is 334 g/mol. The lowest BCUT2D eigenvalue weighted by atomic mass is 9.93. The third-order valence-electron chi connectivity index (χ3n) is 3.87. The molecule has 2 aromatic carbocycles. The van der Waals surface area contributed by atoms with E-state index in [0.717, 1.165) is 0 Å². The number of anilines is 1. The maximum atomic E-state index is 12.4. The largest absolute Gasteiger partial charge is 0.487 e.